The number of carbonyl (C=O) groups is 2. The minimum absolute atomic E-state index is 0.0710. The lowest BCUT2D eigenvalue weighted by Gasteiger charge is -2.37. The lowest BCUT2D eigenvalue weighted by Crippen LogP contribution is -2.33. The van der Waals surface area contributed by atoms with Gasteiger partial charge in [0, 0.05) is 25.9 Å². The Labute approximate surface area is 376 Å². The molecule has 3 fully saturated rings. The van der Waals surface area contributed by atoms with E-state index in [0.29, 0.717) is 48.4 Å². The van der Waals surface area contributed by atoms with Gasteiger partial charge in [-0.05, 0) is 199 Å². The molecule has 2 aliphatic heterocycles. The zero-order chi connectivity index (χ0) is 44.5. The molecule has 8 nitrogen and oxygen atoms in total. The summed E-state index contributed by atoms with van der Waals surface area (Å²) in [5.41, 5.74) is 5.02. The summed E-state index contributed by atoms with van der Waals surface area (Å²) in [4.78, 5) is 27.0. The Hall–Kier alpha value is -3.36. The van der Waals surface area contributed by atoms with Crippen molar-refractivity contribution in [3.8, 4) is 11.5 Å². The van der Waals surface area contributed by atoms with Gasteiger partial charge in [0.25, 0.3) is 0 Å². The number of likely N-dealkylation sites (tertiary alicyclic amines) is 1. The molecule has 1 saturated heterocycles. The first-order chi connectivity index (χ1) is 29.7. The van der Waals surface area contributed by atoms with Gasteiger partial charge < -0.3 is 24.2 Å². The van der Waals surface area contributed by atoms with E-state index in [-0.39, 0.29) is 5.97 Å². The molecule has 0 unspecified atom stereocenters. The standard InChI is InChI=1S/C28H43NO3.C26H41NO3/c1-5-31-27(30)8-6-7-19-29-20-17-23(18-21-29)22-9-13-25(14-10-22)32-26-15-11-24(12-16-26)28(2,3)4;1-26(2,3)22-9-13-24(14-10-22)30-23-11-7-20(8-12-23)21-15-18-27(19-16-21)17-5-4-6-25(28)29/h9-10,13-14,17,24,26H,5-8,11-12,15-16,18-21H2,1-4H3;7-8,11-12,21-22,24H,4-6,9-10,13-19H2,1-3H3,(H,28,29). The average molecular weight is 857 g/mol. The van der Waals surface area contributed by atoms with Crippen molar-refractivity contribution in [2.24, 2.45) is 22.7 Å². The highest BCUT2D eigenvalue weighted by atomic mass is 16.5. The summed E-state index contributed by atoms with van der Waals surface area (Å²) in [6, 6.07) is 17.6. The first-order valence-corrected chi connectivity index (χ1v) is 24.7. The van der Waals surface area contributed by atoms with Crippen molar-refractivity contribution < 1.29 is 28.9 Å². The predicted octanol–water partition coefficient (Wildman–Crippen LogP) is 12.6. The summed E-state index contributed by atoms with van der Waals surface area (Å²) in [5.74, 6) is 3.55. The molecule has 62 heavy (non-hydrogen) atoms. The third-order valence-electron chi connectivity index (χ3n) is 14.4. The number of nitrogens with zero attached hydrogens (tertiary/aromatic N) is 2. The van der Waals surface area contributed by atoms with Gasteiger partial charge in [-0.25, -0.2) is 0 Å². The molecule has 0 amide bonds. The lowest BCUT2D eigenvalue weighted by molar-refractivity contribution is -0.143. The maximum absolute atomic E-state index is 11.4. The van der Waals surface area contributed by atoms with Crippen LogP contribution in [0.1, 0.15) is 175 Å². The molecule has 8 heteroatoms. The Morgan fingerprint density at radius 1 is 0.629 bits per heavy atom. The van der Waals surface area contributed by atoms with Gasteiger partial charge in [-0.3, -0.25) is 14.5 Å². The molecule has 0 spiro atoms. The van der Waals surface area contributed by atoms with Crippen molar-refractivity contribution in [3.05, 3.63) is 65.7 Å². The third kappa shape index (κ3) is 17.0. The van der Waals surface area contributed by atoms with E-state index < -0.39 is 5.97 Å². The second-order valence-corrected chi connectivity index (χ2v) is 21.0. The van der Waals surface area contributed by atoms with Crippen LogP contribution in [-0.4, -0.2) is 84.9 Å². The van der Waals surface area contributed by atoms with Crippen molar-refractivity contribution in [1.29, 1.82) is 0 Å². The maximum Gasteiger partial charge on any atom is 0.305 e. The number of hydrogen-bond acceptors (Lipinski definition) is 7. The number of hydrogen-bond donors (Lipinski definition) is 1. The molecule has 2 aromatic rings. The van der Waals surface area contributed by atoms with E-state index in [0.717, 1.165) is 94.7 Å². The van der Waals surface area contributed by atoms with Crippen molar-refractivity contribution in [2.75, 3.05) is 45.9 Å². The molecule has 2 aromatic carbocycles. The maximum atomic E-state index is 11.4. The largest absolute Gasteiger partial charge is 0.490 e. The van der Waals surface area contributed by atoms with Crippen LogP contribution in [0.5, 0.6) is 11.5 Å². The third-order valence-corrected chi connectivity index (χ3v) is 14.4. The molecule has 4 aliphatic rings. The minimum Gasteiger partial charge on any atom is -0.490 e. The minimum atomic E-state index is -0.682. The Morgan fingerprint density at radius 3 is 1.60 bits per heavy atom. The number of carboxylic acid groups (broad SMARTS) is 1. The Kier molecular flexibility index (Phi) is 19.7. The molecule has 1 N–H and O–H groups in total. The van der Waals surface area contributed by atoms with Gasteiger partial charge in [0.15, 0.2) is 0 Å². The molecule has 0 aromatic heterocycles. The summed E-state index contributed by atoms with van der Waals surface area (Å²) in [6.07, 6.45) is 20.9. The van der Waals surface area contributed by atoms with Gasteiger partial charge in [0.1, 0.15) is 11.5 Å². The average Bonchev–Trinajstić information content (AvgIpc) is 3.25. The van der Waals surface area contributed by atoms with Gasteiger partial charge in [-0.2, -0.15) is 0 Å². The SMILES string of the molecule is CC(C)(C)C1CCC(Oc2ccc(C3CCN(CCCCC(=O)O)CC3)cc2)CC1.CCOC(=O)CCCCN1CC=C(c2ccc(OC3CCC(C(C)(C)C)CC3)cc2)CC1. The summed E-state index contributed by atoms with van der Waals surface area (Å²) < 4.78 is 17.6. The number of esters is 1. The lowest BCUT2D eigenvalue weighted by atomic mass is 9.72. The van der Waals surface area contributed by atoms with Crippen molar-refractivity contribution >= 4 is 17.5 Å². The number of ether oxygens (including phenoxy) is 3. The van der Waals surface area contributed by atoms with Crippen LogP contribution in [0, 0.1) is 22.7 Å². The first kappa shape index (κ1) is 49.7. The van der Waals surface area contributed by atoms with Crippen LogP contribution >= 0.6 is 0 Å². The van der Waals surface area contributed by atoms with E-state index >= 15 is 0 Å². The van der Waals surface area contributed by atoms with E-state index in [2.05, 4.69) is 106 Å². The first-order valence-electron chi connectivity index (χ1n) is 24.7. The van der Waals surface area contributed by atoms with Crippen LogP contribution in [0.15, 0.2) is 54.6 Å². The number of carboxylic acids is 1. The molecule has 0 atom stereocenters. The fourth-order valence-electron chi connectivity index (χ4n) is 10.2. The Balaban J connectivity index is 0.000000235. The van der Waals surface area contributed by atoms with Gasteiger partial charge in [-0.15, -0.1) is 0 Å². The molecular weight excluding hydrogens is 773 g/mol. The van der Waals surface area contributed by atoms with Crippen molar-refractivity contribution in [1.82, 2.24) is 9.80 Å². The summed E-state index contributed by atoms with van der Waals surface area (Å²) in [7, 11) is 0. The number of benzene rings is 2. The molecule has 346 valence electrons. The fourth-order valence-corrected chi connectivity index (χ4v) is 10.2. The topological polar surface area (TPSA) is 88.5 Å². The molecule has 2 heterocycles. The Bertz CT molecular complexity index is 1630. The normalized spacial score (nSPS) is 23.1. The quantitative estimate of drug-likeness (QED) is 0.124. The monoisotopic (exact) mass is 857 g/mol. The van der Waals surface area contributed by atoms with E-state index in [1.165, 1.54) is 80.9 Å². The van der Waals surface area contributed by atoms with Gasteiger partial charge in [0.05, 0.1) is 18.8 Å². The van der Waals surface area contributed by atoms with Crippen molar-refractivity contribution in [2.45, 2.75) is 176 Å². The highest BCUT2D eigenvalue weighted by Gasteiger charge is 2.32. The molecule has 6 rings (SSSR count). The predicted molar refractivity (Wildman–Crippen MR) is 254 cm³/mol. The van der Waals surface area contributed by atoms with Crippen molar-refractivity contribution in [3.63, 3.8) is 0 Å². The van der Waals surface area contributed by atoms with Crippen LogP contribution in [0.3, 0.4) is 0 Å². The number of aliphatic carboxylic acids is 1. The summed E-state index contributed by atoms with van der Waals surface area (Å²) >= 11 is 0. The zero-order valence-corrected chi connectivity index (χ0v) is 39.9. The summed E-state index contributed by atoms with van der Waals surface area (Å²) in [6.45, 7) is 22.9. The second kappa shape index (κ2) is 24.6. The number of unbranched alkanes of at least 4 members (excludes halogenated alkanes) is 2. The van der Waals surface area contributed by atoms with E-state index in [1.54, 1.807) is 0 Å². The smallest absolute Gasteiger partial charge is 0.305 e. The molecule has 2 saturated carbocycles. The molecule has 0 radical (unpaired) electrons. The highest BCUT2D eigenvalue weighted by molar-refractivity contribution is 5.69. The van der Waals surface area contributed by atoms with Gasteiger partial charge in [-0.1, -0.05) is 71.9 Å². The molecule has 2 aliphatic carbocycles. The molecular formula is C54H84N2O6. The van der Waals surface area contributed by atoms with E-state index in [9.17, 15) is 9.59 Å². The van der Waals surface area contributed by atoms with Crippen LogP contribution in [0.25, 0.3) is 5.57 Å². The number of piperidine rings is 1. The van der Waals surface area contributed by atoms with Gasteiger partial charge in [0.2, 0.25) is 0 Å². The van der Waals surface area contributed by atoms with E-state index in [1.807, 2.05) is 6.92 Å². The Morgan fingerprint density at radius 2 is 1.13 bits per heavy atom. The number of carbonyl (C=O) groups excluding carboxylic acids is 1. The second-order valence-electron chi connectivity index (χ2n) is 21.0. The highest BCUT2D eigenvalue weighted by Crippen LogP contribution is 2.40. The van der Waals surface area contributed by atoms with E-state index in [4.69, 9.17) is 19.3 Å². The van der Waals surface area contributed by atoms with Gasteiger partial charge >= 0.3 is 11.9 Å². The van der Waals surface area contributed by atoms with Crippen LogP contribution < -0.4 is 9.47 Å². The molecule has 0 bridgehead atoms. The zero-order valence-electron chi connectivity index (χ0n) is 39.9. The number of rotatable bonds is 17. The van der Waals surface area contributed by atoms with Crippen LogP contribution in [0.4, 0.5) is 0 Å². The van der Waals surface area contributed by atoms with Crippen LogP contribution in [-0.2, 0) is 14.3 Å². The van der Waals surface area contributed by atoms with Crippen LogP contribution in [0.2, 0.25) is 0 Å². The fraction of sp³-hybridized carbons (Fsp3) is 0.704. The summed E-state index contributed by atoms with van der Waals surface area (Å²) in [5, 5.41) is 8.74.